The molecular weight excluding hydrogens is 312 g/mol. The van der Waals surface area contributed by atoms with Gasteiger partial charge in [0.05, 0.1) is 17.4 Å². The van der Waals surface area contributed by atoms with E-state index in [-0.39, 0.29) is 12.2 Å². The van der Waals surface area contributed by atoms with Gasteiger partial charge in [-0.1, -0.05) is 23.4 Å². The molecule has 0 bridgehead atoms. The predicted octanol–water partition coefficient (Wildman–Crippen LogP) is 3.23. The minimum absolute atomic E-state index is 0.0401. The molecule has 0 radical (unpaired) electrons. The van der Waals surface area contributed by atoms with E-state index < -0.39 is 0 Å². The lowest BCUT2D eigenvalue weighted by Gasteiger charge is -2.26. The summed E-state index contributed by atoms with van der Waals surface area (Å²) in [5.41, 5.74) is 1.79. The average molecular weight is 335 g/mol. The molecule has 2 fully saturated rings. The fraction of sp³-hybridized carbons (Fsp3) is 0.611. The number of aliphatic hydroxyl groups excluding tert-OH is 1. The first-order valence-corrected chi connectivity index (χ1v) is 8.79. The molecule has 3 rings (SSSR count). The second-order valence-corrected chi connectivity index (χ2v) is 6.77. The van der Waals surface area contributed by atoms with Crippen LogP contribution in [0, 0.1) is 17.8 Å². The Kier molecular flexibility index (Phi) is 5.77. The molecule has 1 aliphatic carbocycles. The number of anilines is 1. The van der Waals surface area contributed by atoms with Crippen molar-refractivity contribution in [1.29, 1.82) is 0 Å². The fourth-order valence-corrected chi connectivity index (χ4v) is 3.29. The highest BCUT2D eigenvalue weighted by Gasteiger charge is 2.19. The van der Waals surface area contributed by atoms with E-state index in [1.165, 1.54) is 0 Å². The van der Waals surface area contributed by atoms with Gasteiger partial charge < -0.3 is 15.2 Å². The maximum absolute atomic E-state index is 9.59. The molecule has 0 spiro atoms. The van der Waals surface area contributed by atoms with Crippen LogP contribution >= 0.6 is 11.6 Å². The third-order valence-corrected chi connectivity index (χ3v) is 4.77. The number of nitrogens with one attached hydrogen (secondary N) is 1. The summed E-state index contributed by atoms with van der Waals surface area (Å²) < 4.78 is 5.54. The van der Waals surface area contributed by atoms with E-state index in [0.717, 1.165) is 62.9 Å². The molecule has 2 heterocycles. The SMILES string of the molecule is O[C@H]1CC[C@H](CNc2cc(Cl)ncc2C#CC2CCCO2)CC1. The van der Waals surface area contributed by atoms with E-state index in [0.29, 0.717) is 11.1 Å². The van der Waals surface area contributed by atoms with Gasteiger partial charge in [-0.25, -0.2) is 4.98 Å². The molecule has 5 heteroatoms. The predicted molar refractivity (Wildman–Crippen MR) is 91.6 cm³/mol. The van der Waals surface area contributed by atoms with E-state index in [1.54, 1.807) is 6.20 Å². The number of hydrogen-bond acceptors (Lipinski definition) is 4. The molecule has 0 amide bonds. The molecule has 1 aliphatic heterocycles. The van der Waals surface area contributed by atoms with Crippen LogP contribution in [0.4, 0.5) is 5.69 Å². The summed E-state index contributed by atoms with van der Waals surface area (Å²) in [7, 11) is 0. The maximum atomic E-state index is 9.59. The van der Waals surface area contributed by atoms with Crippen LogP contribution in [-0.4, -0.2) is 35.5 Å². The van der Waals surface area contributed by atoms with Crippen LogP contribution in [-0.2, 0) is 4.74 Å². The van der Waals surface area contributed by atoms with Crippen molar-refractivity contribution in [1.82, 2.24) is 4.98 Å². The Labute approximate surface area is 142 Å². The second-order valence-electron chi connectivity index (χ2n) is 6.38. The van der Waals surface area contributed by atoms with Crippen molar-refractivity contribution in [3.8, 4) is 11.8 Å². The molecule has 1 atom stereocenters. The van der Waals surface area contributed by atoms with Gasteiger partial charge >= 0.3 is 0 Å². The van der Waals surface area contributed by atoms with Gasteiger partial charge in [0, 0.05) is 19.3 Å². The number of aromatic nitrogens is 1. The summed E-state index contributed by atoms with van der Waals surface area (Å²) in [6.45, 7) is 1.68. The van der Waals surface area contributed by atoms with E-state index in [4.69, 9.17) is 16.3 Å². The number of pyridine rings is 1. The first kappa shape index (κ1) is 16.6. The largest absolute Gasteiger partial charge is 0.393 e. The number of hydrogen-bond donors (Lipinski definition) is 2. The Morgan fingerprint density at radius 3 is 2.87 bits per heavy atom. The fourth-order valence-electron chi connectivity index (χ4n) is 3.13. The zero-order valence-corrected chi connectivity index (χ0v) is 14.0. The lowest BCUT2D eigenvalue weighted by atomic mass is 9.87. The first-order valence-electron chi connectivity index (χ1n) is 8.41. The van der Waals surface area contributed by atoms with Gasteiger partial charge in [-0.15, -0.1) is 0 Å². The average Bonchev–Trinajstić information content (AvgIpc) is 3.07. The molecule has 0 aromatic carbocycles. The Morgan fingerprint density at radius 2 is 2.13 bits per heavy atom. The summed E-state index contributed by atoms with van der Waals surface area (Å²) in [6.07, 6.45) is 7.64. The summed E-state index contributed by atoms with van der Waals surface area (Å²) in [5.74, 6) is 6.94. The first-order chi connectivity index (χ1) is 11.2. The zero-order valence-electron chi connectivity index (χ0n) is 13.2. The van der Waals surface area contributed by atoms with Crippen molar-refractivity contribution < 1.29 is 9.84 Å². The number of ether oxygens (including phenoxy) is 1. The summed E-state index contributed by atoms with van der Waals surface area (Å²) in [4.78, 5) is 4.14. The van der Waals surface area contributed by atoms with Gasteiger partial charge in [0.1, 0.15) is 11.3 Å². The third kappa shape index (κ3) is 4.84. The number of nitrogens with zero attached hydrogens (tertiary/aromatic N) is 1. The lowest BCUT2D eigenvalue weighted by Crippen LogP contribution is -2.23. The Balaban J connectivity index is 1.64. The summed E-state index contributed by atoms with van der Waals surface area (Å²) in [5, 5.41) is 13.5. The van der Waals surface area contributed by atoms with Crippen molar-refractivity contribution in [2.75, 3.05) is 18.5 Å². The topological polar surface area (TPSA) is 54.4 Å². The van der Waals surface area contributed by atoms with Gasteiger partial charge in [-0.3, -0.25) is 0 Å². The van der Waals surface area contributed by atoms with Crippen LogP contribution in [0.2, 0.25) is 5.15 Å². The van der Waals surface area contributed by atoms with E-state index in [2.05, 4.69) is 22.1 Å². The van der Waals surface area contributed by atoms with Crippen LogP contribution in [0.3, 0.4) is 0 Å². The molecular formula is C18H23ClN2O2. The Hall–Kier alpha value is -1.28. The minimum Gasteiger partial charge on any atom is -0.393 e. The quantitative estimate of drug-likeness (QED) is 0.658. The lowest BCUT2D eigenvalue weighted by molar-refractivity contribution is 0.111. The van der Waals surface area contributed by atoms with E-state index >= 15 is 0 Å². The molecule has 23 heavy (non-hydrogen) atoms. The van der Waals surface area contributed by atoms with Crippen molar-refractivity contribution in [3.63, 3.8) is 0 Å². The molecule has 1 unspecified atom stereocenters. The third-order valence-electron chi connectivity index (χ3n) is 4.57. The van der Waals surface area contributed by atoms with Crippen molar-refractivity contribution >= 4 is 17.3 Å². The minimum atomic E-state index is -0.116. The van der Waals surface area contributed by atoms with Gasteiger partial charge in [0.25, 0.3) is 0 Å². The van der Waals surface area contributed by atoms with Crippen LogP contribution in [0.1, 0.15) is 44.1 Å². The molecule has 1 aromatic rings. The van der Waals surface area contributed by atoms with Crippen molar-refractivity contribution in [3.05, 3.63) is 23.0 Å². The zero-order chi connectivity index (χ0) is 16.1. The van der Waals surface area contributed by atoms with Crippen LogP contribution < -0.4 is 5.32 Å². The molecule has 1 saturated carbocycles. The van der Waals surface area contributed by atoms with Crippen LogP contribution in [0.5, 0.6) is 0 Å². The number of halogens is 1. The molecule has 2 N–H and O–H groups in total. The highest BCUT2D eigenvalue weighted by molar-refractivity contribution is 6.29. The normalized spacial score (nSPS) is 27.3. The van der Waals surface area contributed by atoms with E-state index in [1.807, 2.05) is 6.07 Å². The highest BCUT2D eigenvalue weighted by atomic mass is 35.5. The molecule has 2 aliphatic rings. The number of aliphatic hydroxyl groups is 1. The van der Waals surface area contributed by atoms with Crippen LogP contribution in [0.15, 0.2) is 12.3 Å². The number of rotatable bonds is 3. The highest BCUT2D eigenvalue weighted by Crippen LogP contribution is 2.26. The van der Waals surface area contributed by atoms with Crippen LogP contribution in [0.25, 0.3) is 0 Å². The maximum Gasteiger partial charge on any atom is 0.131 e. The van der Waals surface area contributed by atoms with Crippen molar-refractivity contribution in [2.24, 2.45) is 5.92 Å². The Morgan fingerprint density at radius 1 is 1.30 bits per heavy atom. The Bertz CT molecular complexity index is 582. The molecule has 1 saturated heterocycles. The van der Waals surface area contributed by atoms with Gasteiger partial charge in [-0.05, 0) is 50.5 Å². The molecule has 4 nitrogen and oxygen atoms in total. The summed E-state index contributed by atoms with van der Waals surface area (Å²) >= 11 is 6.03. The second kappa shape index (κ2) is 8.01. The van der Waals surface area contributed by atoms with Gasteiger partial charge in [0.15, 0.2) is 0 Å². The molecule has 124 valence electrons. The monoisotopic (exact) mass is 334 g/mol. The standard InChI is InChI=1S/C18H23ClN2O2/c19-18-10-17(20-11-13-3-6-15(22)7-4-13)14(12-21-18)5-8-16-2-1-9-23-16/h10,12-13,15-16,22H,1-4,6-7,9,11H2,(H,20,21)/t13-,15-,16?. The van der Waals surface area contributed by atoms with Gasteiger partial charge in [0.2, 0.25) is 0 Å². The van der Waals surface area contributed by atoms with Crippen molar-refractivity contribution in [2.45, 2.75) is 50.7 Å². The summed E-state index contributed by atoms with van der Waals surface area (Å²) in [6, 6.07) is 1.83. The molecule has 1 aromatic heterocycles. The van der Waals surface area contributed by atoms with E-state index in [9.17, 15) is 5.11 Å². The van der Waals surface area contributed by atoms with Gasteiger partial charge in [-0.2, -0.15) is 0 Å². The smallest absolute Gasteiger partial charge is 0.131 e.